The Bertz CT molecular complexity index is 741. The van der Waals surface area contributed by atoms with Crippen LogP contribution in [-0.2, 0) is 24.3 Å². The second-order valence-corrected chi connectivity index (χ2v) is 6.27. The fourth-order valence-corrected chi connectivity index (χ4v) is 2.93. The lowest BCUT2D eigenvalue weighted by Crippen LogP contribution is -2.44. The number of aryl methyl sites for hydroxylation is 1. The van der Waals surface area contributed by atoms with Crippen LogP contribution in [0.2, 0.25) is 0 Å². The van der Waals surface area contributed by atoms with Crippen molar-refractivity contribution in [3.05, 3.63) is 47.5 Å². The van der Waals surface area contributed by atoms with Crippen molar-refractivity contribution >= 4 is 11.8 Å². The first kappa shape index (κ1) is 17.1. The summed E-state index contributed by atoms with van der Waals surface area (Å²) in [7, 11) is 0. The van der Waals surface area contributed by atoms with Crippen LogP contribution in [-0.4, -0.2) is 32.6 Å². The summed E-state index contributed by atoms with van der Waals surface area (Å²) >= 11 is 0. The van der Waals surface area contributed by atoms with Crippen molar-refractivity contribution < 1.29 is 9.59 Å². The Morgan fingerprint density at radius 3 is 2.76 bits per heavy atom. The van der Waals surface area contributed by atoms with Gasteiger partial charge in [0.1, 0.15) is 11.9 Å². The number of amides is 2. The molecule has 0 aliphatic carbocycles. The van der Waals surface area contributed by atoms with Gasteiger partial charge in [-0.1, -0.05) is 24.6 Å². The van der Waals surface area contributed by atoms with Gasteiger partial charge in [0.15, 0.2) is 5.82 Å². The molecule has 0 fully saturated rings. The Labute approximate surface area is 146 Å². The van der Waals surface area contributed by atoms with Crippen molar-refractivity contribution in [3.8, 4) is 0 Å². The van der Waals surface area contributed by atoms with Crippen molar-refractivity contribution in [1.29, 1.82) is 0 Å². The number of hydrogen-bond donors (Lipinski definition) is 2. The largest absolute Gasteiger partial charge is 0.347 e. The van der Waals surface area contributed by atoms with E-state index < -0.39 is 6.04 Å². The van der Waals surface area contributed by atoms with E-state index in [2.05, 4.69) is 25.4 Å². The second-order valence-electron chi connectivity index (χ2n) is 6.27. The van der Waals surface area contributed by atoms with E-state index in [0.29, 0.717) is 12.1 Å². The molecule has 1 unspecified atom stereocenters. The minimum atomic E-state index is -0.626. The van der Waals surface area contributed by atoms with E-state index in [-0.39, 0.29) is 11.8 Å². The van der Waals surface area contributed by atoms with Crippen LogP contribution in [0.4, 0.5) is 0 Å². The van der Waals surface area contributed by atoms with E-state index >= 15 is 0 Å². The van der Waals surface area contributed by atoms with Crippen LogP contribution in [0.5, 0.6) is 0 Å². The van der Waals surface area contributed by atoms with Gasteiger partial charge < -0.3 is 15.2 Å². The Kier molecular flexibility index (Phi) is 5.42. The van der Waals surface area contributed by atoms with E-state index in [1.54, 1.807) is 31.2 Å². The van der Waals surface area contributed by atoms with Crippen LogP contribution in [0.25, 0.3) is 0 Å². The quantitative estimate of drug-likeness (QED) is 0.861. The first-order chi connectivity index (χ1) is 12.1. The number of fused-ring (bicyclic) bond motifs is 1. The van der Waals surface area contributed by atoms with Gasteiger partial charge in [-0.25, -0.2) is 0 Å². The summed E-state index contributed by atoms with van der Waals surface area (Å²) in [6.07, 6.45) is 4.37. The van der Waals surface area contributed by atoms with Gasteiger partial charge in [-0.2, -0.15) is 0 Å². The molecule has 2 heterocycles. The predicted octanol–water partition coefficient (Wildman–Crippen LogP) is 1.44. The zero-order chi connectivity index (χ0) is 17.6. The van der Waals surface area contributed by atoms with Crippen LogP contribution >= 0.6 is 0 Å². The lowest BCUT2D eigenvalue weighted by atomic mass is 10.2. The molecule has 1 aromatic carbocycles. The molecular formula is C18H23N5O2. The standard InChI is InChI=1S/C18H23N5O2/c1-13(20-18(25)14-8-4-2-5-9-14)17(24)19-12-16-22-21-15-10-6-3-7-11-23(15)16/h2,4-5,8-9,13H,3,6-7,10-12H2,1H3,(H,19,24)(H,20,25). The van der Waals surface area contributed by atoms with Crippen molar-refractivity contribution in [2.24, 2.45) is 0 Å². The zero-order valence-corrected chi connectivity index (χ0v) is 14.4. The molecule has 132 valence electrons. The molecule has 2 amide bonds. The molecule has 0 saturated heterocycles. The Hall–Kier alpha value is -2.70. The summed E-state index contributed by atoms with van der Waals surface area (Å²) in [5.74, 6) is 1.26. The van der Waals surface area contributed by atoms with E-state index in [9.17, 15) is 9.59 Å². The smallest absolute Gasteiger partial charge is 0.251 e. The highest BCUT2D eigenvalue weighted by Crippen LogP contribution is 2.14. The lowest BCUT2D eigenvalue weighted by Gasteiger charge is -2.14. The predicted molar refractivity (Wildman–Crippen MR) is 92.8 cm³/mol. The molecule has 7 nitrogen and oxygen atoms in total. The molecule has 7 heteroatoms. The molecule has 3 rings (SSSR count). The maximum atomic E-state index is 12.3. The third-order valence-corrected chi connectivity index (χ3v) is 4.38. The number of carbonyl (C=O) groups is 2. The molecule has 0 bridgehead atoms. The van der Waals surface area contributed by atoms with Crippen LogP contribution in [0, 0.1) is 0 Å². The summed E-state index contributed by atoms with van der Waals surface area (Å²) in [6.45, 7) is 2.88. The molecule has 1 aliphatic rings. The Morgan fingerprint density at radius 1 is 1.16 bits per heavy atom. The van der Waals surface area contributed by atoms with E-state index in [1.807, 2.05) is 6.07 Å². The zero-order valence-electron chi connectivity index (χ0n) is 14.4. The van der Waals surface area contributed by atoms with Gasteiger partial charge >= 0.3 is 0 Å². The van der Waals surface area contributed by atoms with Crippen molar-refractivity contribution in [1.82, 2.24) is 25.4 Å². The summed E-state index contributed by atoms with van der Waals surface area (Å²) in [6, 6.07) is 8.22. The molecule has 2 aromatic rings. The number of nitrogens with zero attached hydrogens (tertiary/aromatic N) is 3. The first-order valence-corrected chi connectivity index (χ1v) is 8.69. The topological polar surface area (TPSA) is 88.9 Å². The third-order valence-electron chi connectivity index (χ3n) is 4.38. The third kappa shape index (κ3) is 4.23. The molecule has 2 N–H and O–H groups in total. The summed E-state index contributed by atoms with van der Waals surface area (Å²) in [4.78, 5) is 24.4. The number of hydrogen-bond acceptors (Lipinski definition) is 4. The van der Waals surface area contributed by atoms with Crippen molar-refractivity contribution in [3.63, 3.8) is 0 Å². The SMILES string of the molecule is CC(NC(=O)c1ccccc1)C(=O)NCc1nnc2n1CCCCC2. The summed E-state index contributed by atoms with van der Waals surface area (Å²) in [5.41, 5.74) is 0.532. The van der Waals surface area contributed by atoms with Gasteiger partial charge in [-0.3, -0.25) is 9.59 Å². The minimum absolute atomic E-state index is 0.241. The number of rotatable bonds is 5. The molecule has 1 atom stereocenters. The maximum absolute atomic E-state index is 12.3. The average Bonchev–Trinajstić information content (AvgIpc) is 2.86. The second kappa shape index (κ2) is 7.92. The fraction of sp³-hybridized carbons (Fsp3) is 0.444. The van der Waals surface area contributed by atoms with Crippen LogP contribution in [0.1, 0.15) is 48.2 Å². The lowest BCUT2D eigenvalue weighted by molar-refractivity contribution is -0.122. The van der Waals surface area contributed by atoms with Crippen LogP contribution < -0.4 is 10.6 Å². The van der Waals surface area contributed by atoms with Gasteiger partial charge in [-0.15, -0.1) is 10.2 Å². The highest BCUT2D eigenvalue weighted by atomic mass is 16.2. The maximum Gasteiger partial charge on any atom is 0.251 e. The average molecular weight is 341 g/mol. The van der Waals surface area contributed by atoms with E-state index in [1.165, 1.54) is 6.42 Å². The molecule has 1 aliphatic heterocycles. The molecule has 0 spiro atoms. The molecule has 25 heavy (non-hydrogen) atoms. The minimum Gasteiger partial charge on any atom is -0.347 e. The van der Waals surface area contributed by atoms with Crippen molar-refractivity contribution in [2.45, 2.75) is 51.7 Å². The monoisotopic (exact) mass is 341 g/mol. The van der Waals surface area contributed by atoms with Crippen LogP contribution in [0.15, 0.2) is 30.3 Å². The fourth-order valence-electron chi connectivity index (χ4n) is 2.93. The first-order valence-electron chi connectivity index (χ1n) is 8.69. The van der Waals surface area contributed by atoms with Gasteiger partial charge in [0, 0.05) is 18.5 Å². The van der Waals surface area contributed by atoms with Crippen LogP contribution in [0.3, 0.4) is 0 Å². The number of nitrogens with one attached hydrogen (secondary N) is 2. The Morgan fingerprint density at radius 2 is 1.96 bits per heavy atom. The van der Waals surface area contributed by atoms with Gasteiger partial charge in [0.25, 0.3) is 5.91 Å². The highest BCUT2D eigenvalue weighted by molar-refractivity contribution is 5.97. The number of benzene rings is 1. The number of aromatic nitrogens is 3. The van der Waals surface area contributed by atoms with E-state index in [0.717, 1.165) is 37.5 Å². The van der Waals surface area contributed by atoms with Crippen molar-refractivity contribution in [2.75, 3.05) is 0 Å². The van der Waals surface area contributed by atoms with Gasteiger partial charge in [0.05, 0.1) is 6.54 Å². The van der Waals surface area contributed by atoms with Gasteiger partial charge in [0.2, 0.25) is 5.91 Å². The summed E-state index contributed by atoms with van der Waals surface area (Å²) < 4.78 is 2.10. The number of carbonyl (C=O) groups excluding carboxylic acids is 2. The molecule has 0 radical (unpaired) electrons. The highest BCUT2D eigenvalue weighted by Gasteiger charge is 2.19. The Balaban J connectivity index is 1.54. The molecule has 1 aromatic heterocycles. The molecular weight excluding hydrogens is 318 g/mol. The normalized spacial score (nSPS) is 14.9. The van der Waals surface area contributed by atoms with Gasteiger partial charge in [-0.05, 0) is 31.9 Å². The molecule has 0 saturated carbocycles. The van der Waals surface area contributed by atoms with E-state index in [4.69, 9.17) is 0 Å². The summed E-state index contributed by atoms with van der Waals surface area (Å²) in [5, 5.41) is 13.9.